The Morgan fingerprint density at radius 2 is 2.43 bits per heavy atom. The van der Waals surface area contributed by atoms with Crippen LogP contribution in [0.2, 0.25) is 0 Å². The van der Waals surface area contributed by atoms with Crippen LogP contribution in [0.25, 0.3) is 0 Å². The summed E-state index contributed by atoms with van der Waals surface area (Å²) in [5, 5.41) is 10.1. The van der Waals surface area contributed by atoms with E-state index >= 15 is 0 Å². The molecule has 0 aliphatic carbocycles. The van der Waals surface area contributed by atoms with Gasteiger partial charge in [0.05, 0.1) is 13.7 Å². The largest absolute Gasteiger partial charge is 0.481 e. The first-order chi connectivity index (χ1) is 6.74. The average molecular weight is 195 g/mol. The number of hydrogen-bond acceptors (Lipinski definition) is 4. The van der Waals surface area contributed by atoms with Crippen molar-refractivity contribution in [2.24, 2.45) is 0 Å². The molecule has 1 N–H and O–H groups in total. The fourth-order valence-corrected chi connectivity index (χ4v) is 1.56. The van der Waals surface area contributed by atoms with Gasteiger partial charge in [0.25, 0.3) is 0 Å². The molecule has 4 heteroatoms. The quantitative estimate of drug-likeness (QED) is 0.754. The SMILES string of the molecule is COc1ccc(C2(O)CCOC2)cn1. The molecule has 1 aliphatic heterocycles. The summed E-state index contributed by atoms with van der Waals surface area (Å²) in [5.41, 5.74) is -0.0741. The maximum atomic E-state index is 10.1. The smallest absolute Gasteiger partial charge is 0.212 e. The highest BCUT2D eigenvalue weighted by atomic mass is 16.5. The lowest BCUT2D eigenvalue weighted by Gasteiger charge is -2.20. The van der Waals surface area contributed by atoms with E-state index in [0.717, 1.165) is 5.56 Å². The molecule has 0 amide bonds. The van der Waals surface area contributed by atoms with E-state index in [0.29, 0.717) is 25.5 Å². The molecule has 0 spiro atoms. The summed E-state index contributed by atoms with van der Waals surface area (Å²) in [6, 6.07) is 3.56. The second kappa shape index (κ2) is 3.55. The zero-order valence-electron chi connectivity index (χ0n) is 8.06. The third-order valence-corrected chi connectivity index (χ3v) is 2.48. The van der Waals surface area contributed by atoms with Crippen molar-refractivity contribution in [3.05, 3.63) is 23.9 Å². The predicted octanol–water partition coefficient (Wildman–Crippen LogP) is 0.698. The lowest BCUT2D eigenvalue weighted by Crippen LogP contribution is -2.25. The first kappa shape index (κ1) is 9.43. The summed E-state index contributed by atoms with van der Waals surface area (Å²) in [6.07, 6.45) is 2.26. The summed E-state index contributed by atoms with van der Waals surface area (Å²) in [6.45, 7) is 0.948. The Morgan fingerprint density at radius 1 is 1.57 bits per heavy atom. The van der Waals surface area contributed by atoms with Crippen molar-refractivity contribution in [1.82, 2.24) is 4.98 Å². The van der Waals surface area contributed by atoms with Crippen LogP contribution < -0.4 is 4.74 Å². The molecule has 1 unspecified atom stereocenters. The number of aromatic nitrogens is 1. The summed E-state index contributed by atoms with van der Waals surface area (Å²) >= 11 is 0. The number of aliphatic hydroxyl groups is 1. The fraction of sp³-hybridized carbons (Fsp3) is 0.500. The van der Waals surface area contributed by atoms with Crippen LogP contribution in [0.4, 0.5) is 0 Å². The highest BCUT2D eigenvalue weighted by Crippen LogP contribution is 2.30. The van der Waals surface area contributed by atoms with Crippen LogP contribution in [0, 0.1) is 0 Å². The van der Waals surface area contributed by atoms with Crippen molar-refractivity contribution in [2.75, 3.05) is 20.3 Å². The lowest BCUT2D eigenvalue weighted by atomic mass is 9.95. The van der Waals surface area contributed by atoms with Crippen LogP contribution in [0.3, 0.4) is 0 Å². The third-order valence-electron chi connectivity index (χ3n) is 2.48. The van der Waals surface area contributed by atoms with Crippen LogP contribution >= 0.6 is 0 Å². The minimum atomic E-state index is -0.862. The van der Waals surface area contributed by atoms with Crippen molar-refractivity contribution >= 4 is 0 Å². The van der Waals surface area contributed by atoms with Crippen molar-refractivity contribution < 1.29 is 14.6 Å². The van der Waals surface area contributed by atoms with Gasteiger partial charge in [-0.2, -0.15) is 0 Å². The Balaban J connectivity index is 2.23. The molecule has 0 aromatic carbocycles. The van der Waals surface area contributed by atoms with Crippen LogP contribution in [-0.4, -0.2) is 30.4 Å². The molecule has 14 heavy (non-hydrogen) atoms. The molecule has 1 aliphatic rings. The van der Waals surface area contributed by atoms with Crippen LogP contribution in [0.15, 0.2) is 18.3 Å². The van der Waals surface area contributed by atoms with Gasteiger partial charge in [0.2, 0.25) is 5.88 Å². The molecule has 1 atom stereocenters. The van der Waals surface area contributed by atoms with Crippen LogP contribution in [0.5, 0.6) is 5.88 Å². The van der Waals surface area contributed by atoms with Crippen LogP contribution in [-0.2, 0) is 10.3 Å². The van der Waals surface area contributed by atoms with E-state index in [1.54, 1.807) is 19.4 Å². The summed E-state index contributed by atoms with van der Waals surface area (Å²) in [7, 11) is 1.56. The second-order valence-corrected chi connectivity index (χ2v) is 3.42. The molecule has 0 saturated carbocycles. The van der Waals surface area contributed by atoms with Gasteiger partial charge in [0.1, 0.15) is 5.60 Å². The molecule has 4 nitrogen and oxygen atoms in total. The summed E-state index contributed by atoms with van der Waals surface area (Å²) in [4.78, 5) is 4.05. The Kier molecular flexibility index (Phi) is 2.39. The van der Waals surface area contributed by atoms with E-state index in [-0.39, 0.29) is 0 Å². The second-order valence-electron chi connectivity index (χ2n) is 3.42. The number of rotatable bonds is 2. The fourth-order valence-electron chi connectivity index (χ4n) is 1.56. The van der Waals surface area contributed by atoms with Gasteiger partial charge in [0, 0.05) is 30.9 Å². The zero-order chi connectivity index (χ0) is 10.0. The molecule has 2 rings (SSSR count). The van der Waals surface area contributed by atoms with E-state index in [2.05, 4.69) is 4.98 Å². The molecule has 2 heterocycles. The third kappa shape index (κ3) is 1.58. The van der Waals surface area contributed by atoms with Crippen molar-refractivity contribution in [1.29, 1.82) is 0 Å². The lowest BCUT2D eigenvalue weighted by molar-refractivity contribution is 0.0228. The highest BCUT2D eigenvalue weighted by molar-refractivity contribution is 5.24. The zero-order valence-corrected chi connectivity index (χ0v) is 8.06. The molecular weight excluding hydrogens is 182 g/mol. The first-order valence-corrected chi connectivity index (χ1v) is 4.55. The van der Waals surface area contributed by atoms with Gasteiger partial charge in [-0.15, -0.1) is 0 Å². The van der Waals surface area contributed by atoms with Crippen molar-refractivity contribution in [3.63, 3.8) is 0 Å². The van der Waals surface area contributed by atoms with E-state index in [4.69, 9.17) is 9.47 Å². The number of pyridine rings is 1. The van der Waals surface area contributed by atoms with Crippen molar-refractivity contribution in [3.8, 4) is 5.88 Å². The van der Waals surface area contributed by atoms with Gasteiger partial charge in [-0.05, 0) is 6.07 Å². The van der Waals surface area contributed by atoms with Gasteiger partial charge in [0.15, 0.2) is 0 Å². The molecule has 1 fully saturated rings. The minimum Gasteiger partial charge on any atom is -0.481 e. The molecule has 1 saturated heterocycles. The standard InChI is InChI=1S/C10H13NO3/c1-13-9-3-2-8(6-11-9)10(12)4-5-14-7-10/h2-3,6,12H,4-5,7H2,1H3. The predicted molar refractivity (Wildman–Crippen MR) is 50.1 cm³/mol. The average Bonchev–Trinajstić information content (AvgIpc) is 2.67. The van der Waals surface area contributed by atoms with E-state index < -0.39 is 5.60 Å². The number of methoxy groups -OCH3 is 1. The Hall–Kier alpha value is -1.13. The monoisotopic (exact) mass is 195 g/mol. The van der Waals surface area contributed by atoms with Gasteiger partial charge in [-0.25, -0.2) is 4.98 Å². The number of ether oxygens (including phenoxy) is 2. The maximum Gasteiger partial charge on any atom is 0.212 e. The van der Waals surface area contributed by atoms with E-state index in [9.17, 15) is 5.11 Å². The van der Waals surface area contributed by atoms with Gasteiger partial charge in [-0.1, -0.05) is 0 Å². The van der Waals surface area contributed by atoms with E-state index in [1.165, 1.54) is 0 Å². The Morgan fingerprint density at radius 3 is 2.93 bits per heavy atom. The summed E-state index contributed by atoms with van der Waals surface area (Å²) in [5.74, 6) is 0.552. The van der Waals surface area contributed by atoms with Gasteiger partial charge in [-0.3, -0.25) is 0 Å². The Bertz CT molecular complexity index is 304. The maximum absolute atomic E-state index is 10.1. The highest BCUT2D eigenvalue weighted by Gasteiger charge is 2.34. The first-order valence-electron chi connectivity index (χ1n) is 4.55. The minimum absolute atomic E-state index is 0.348. The Labute approximate surface area is 82.5 Å². The molecule has 0 radical (unpaired) electrons. The topological polar surface area (TPSA) is 51.6 Å². The number of nitrogens with zero attached hydrogens (tertiary/aromatic N) is 1. The van der Waals surface area contributed by atoms with E-state index in [1.807, 2.05) is 6.07 Å². The summed E-state index contributed by atoms with van der Waals surface area (Å²) < 4.78 is 10.1. The molecule has 0 bridgehead atoms. The van der Waals surface area contributed by atoms with Crippen molar-refractivity contribution in [2.45, 2.75) is 12.0 Å². The molecule has 1 aromatic heterocycles. The normalized spacial score (nSPS) is 26.4. The number of hydrogen-bond donors (Lipinski definition) is 1. The van der Waals surface area contributed by atoms with Gasteiger partial charge >= 0.3 is 0 Å². The van der Waals surface area contributed by atoms with Gasteiger partial charge < -0.3 is 14.6 Å². The molecule has 1 aromatic rings. The molecule has 76 valence electrons. The molecular formula is C10H13NO3. The van der Waals surface area contributed by atoms with Crippen LogP contribution in [0.1, 0.15) is 12.0 Å².